The summed E-state index contributed by atoms with van der Waals surface area (Å²) in [6.07, 6.45) is 1.70. The minimum absolute atomic E-state index is 0.0773. The molecule has 0 aliphatic carbocycles. The van der Waals surface area contributed by atoms with E-state index in [0.29, 0.717) is 65.3 Å². The Morgan fingerprint density at radius 3 is 2.54 bits per heavy atom. The number of hydrogen-bond acceptors (Lipinski definition) is 9. The summed E-state index contributed by atoms with van der Waals surface area (Å²) in [5.74, 6) is 1.54. The van der Waals surface area contributed by atoms with E-state index in [-0.39, 0.29) is 30.5 Å². The summed E-state index contributed by atoms with van der Waals surface area (Å²) in [6, 6.07) is 15.7. The second kappa shape index (κ2) is 15.4. The highest BCUT2D eigenvalue weighted by Crippen LogP contribution is 2.39. The molecule has 1 aliphatic rings. The van der Waals surface area contributed by atoms with Gasteiger partial charge in [-0.25, -0.2) is 9.79 Å². The van der Waals surface area contributed by atoms with Gasteiger partial charge in [-0.15, -0.1) is 0 Å². The summed E-state index contributed by atoms with van der Waals surface area (Å²) in [5.41, 5.74) is 2.70. The van der Waals surface area contributed by atoms with E-state index in [1.54, 1.807) is 39.2 Å². The Kier molecular flexibility index (Phi) is 11.3. The van der Waals surface area contributed by atoms with Gasteiger partial charge in [-0.1, -0.05) is 41.1 Å². The Morgan fingerprint density at radius 2 is 1.85 bits per heavy atom. The van der Waals surface area contributed by atoms with Gasteiger partial charge >= 0.3 is 5.97 Å². The van der Waals surface area contributed by atoms with E-state index < -0.39 is 12.0 Å². The van der Waals surface area contributed by atoms with Crippen LogP contribution in [0.3, 0.4) is 0 Å². The number of aromatic nitrogens is 1. The number of benzene rings is 3. The molecule has 0 saturated heterocycles. The van der Waals surface area contributed by atoms with Gasteiger partial charge in [0.25, 0.3) is 5.56 Å². The number of methoxy groups -OCH3 is 1. The Balaban J connectivity index is 1.61. The van der Waals surface area contributed by atoms with Gasteiger partial charge in [0.1, 0.15) is 6.61 Å². The molecule has 48 heavy (non-hydrogen) atoms. The molecule has 2 heterocycles. The molecule has 1 aliphatic heterocycles. The van der Waals surface area contributed by atoms with E-state index in [1.165, 1.54) is 15.9 Å². The molecule has 12 heteroatoms. The summed E-state index contributed by atoms with van der Waals surface area (Å²) in [6.45, 7) is 10.1. The molecule has 0 unspecified atom stereocenters. The molecule has 5 rings (SSSR count). The summed E-state index contributed by atoms with van der Waals surface area (Å²) in [5, 5.41) is 0.625. The number of allylic oxidation sites excluding steroid dienone is 1. The van der Waals surface area contributed by atoms with E-state index >= 15 is 0 Å². The number of rotatable bonds is 12. The van der Waals surface area contributed by atoms with Crippen molar-refractivity contribution in [2.75, 3.05) is 20.3 Å². The Bertz CT molecular complexity index is 2050. The number of thiazole rings is 1. The lowest BCUT2D eigenvalue weighted by atomic mass is 9.95. The fraction of sp³-hybridized carbons (Fsp3) is 0.306. The molecular weight excluding hydrogens is 720 g/mol. The van der Waals surface area contributed by atoms with Crippen LogP contribution in [0.5, 0.6) is 23.0 Å². The lowest BCUT2D eigenvalue weighted by Crippen LogP contribution is -2.40. The number of ether oxygens (including phenoxy) is 5. The standard InChI is InChI=1S/C36H36BrClN2O7S/c1-7-44-29-16-23(15-26(37)33(29)46-19-22-10-9-11-25(38)14-22)17-30-34(41)40-32(24-12-13-27(47-20(3)4)28(18-24)43-6)31(35(42)45-8-2)21(5)39-36(40)48-30/h9-18,20,32H,7-8,19H2,1-6H3/b30-17+/t32-/m1/s1. The first kappa shape index (κ1) is 35.3. The second-order valence-corrected chi connectivity index (χ2v) is 13.4. The van der Waals surface area contributed by atoms with Crippen LogP contribution in [0.25, 0.3) is 6.08 Å². The molecule has 0 N–H and O–H groups in total. The normalized spacial score (nSPS) is 14.4. The highest BCUT2D eigenvalue weighted by Gasteiger charge is 2.34. The lowest BCUT2D eigenvalue weighted by molar-refractivity contribution is -0.139. The number of nitrogens with zero attached hydrogens (tertiary/aromatic N) is 2. The monoisotopic (exact) mass is 754 g/mol. The third-order valence-electron chi connectivity index (χ3n) is 7.28. The van der Waals surface area contributed by atoms with Gasteiger partial charge in [-0.3, -0.25) is 9.36 Å². The van der Waals surface area contributed by atoms with Gasteiger partial charge in [-0.05, 0) is 110 Å². The fourth-order valence-corrected chi connectivity index (χ4v) is 7.15. The maximum Gasteiger partial charge on any atom is 0.338 e. The zero-order valence-corrected chi connectivity index (χ0v) is 30.6. The van der Waals surface area contributed by atoms with Gasteiger partial charge in [0.15, 0.2) is 27.8 Å². The van der Waals surface area contributed by atoms with E-state index in [4.69, 9.17) is 35.3 Å². The van der Waals surface area contributed by atoms with Crippen LogP contribution in [0.1, 0.15) is 57.4 Å². The van der Waals surface area contributed by atoms with Crippen LogP contribution in [0.4, 0.5) is 0 Å². The summed E-state index contributed by atoms with van der Waals surface area (Å²) in [4.78, 5) is 32.7. The number of carbonyl (C=O) groups is 1. The summed E-state index contributed by atoms with van der Waals surface area (Å²) >= 11 is 11.0. The maximum absolute atomic E-state index is 14.2. The molecular formula is C36H36BrClN2O7S. The first-order valence-electron chi connectivity index (χ1n) is 15.4. The predicted molar refractivity (Wildman–Crippen MR) is 190 cm³/mol. The first-order chi connectivity index (χ1) is 23.0. The van der Waals surface area contributed by atoms with Gasteiger partial charge in [0, 0.05) is 5.02 Å². The van der Waals surface area contributed by atoms with Crippen molar-refractivity contribution in [1.82, 2.24) is 4.57 Å². The number of esters is 1. The third kappa shape index (κ3) is 7.64. The van der Waals surface area contributed by atoms with Crippen LogP contribution in [0.2, 0.25) is 5.02 Å². The quantitative estimate of drug-likeness (QED) is 0.144. The molecule has 0 fully saturated rings. The van der Waals surface area contributed by atoms with Crippen molar-refractivity contribution in [1.29, 1.82) is 0 Å². The highest BCUT2D eigenvalue weighted by molar-refractivity contribution is 9.10. The zero-order chi connectivity index (χ0) is 34.5. The number of fused-ring (bicyclic) bond motifs is 1. The minimum Gasteiger partial charge on any atom is -0.493 e. The number of halogens is 2. The van der Waals surface area contributed by atoms with Crippen LogP contribution in [0, 0.1) is 0 Å². The predicted octanol–water partition coefficient (Wildman–Crippen LogP) is 6.99. The molecule has 3 aromatic carbocycles. The SMILES string of the molecule is CCOC(=O)C1=C(C)N=c2s/c(=C/c3cc(Br)c(OCc4cccc(Cl)c4)c(OCC)c3)c(=O)n2[C@@H]1c1ccc(OC(C)C)c(OC)c1. The molecule has 0 bridgehead atoms. The van der Waals surface area contributed by atoms with Gasteiger partial charge in [0.05, 0.1) is 52.7 Å². The molecule has 1 aromatic heterocycles. The Labute approximate surface area is 296 Å². The molecule has 1 atom stereocenters. The van der Waals surface area contributed by atoms with Crippen molar-refractivity contribution in [3.05, 3.63) is 112 Å². The maximum atomic E-state index is 14.2. The molecule has 0 saturated carbocycles. The lowest BCUT2D eigenvalue weighted by Gasteiger charge is -2.25. The van der Waals surface area contributed by atoms with Crippen molar-refractivity contribution in [3.63, 3.8) is 0 Å². The van der Waals surface area contributed by atoms with Gasteiger partial charge < -0.3 is 23.7 Å². The van der Waals surface area contributed by atoms with Crippen LogP contribution >= 0.6 is 38.9 Å². The molecule has 9 nitrogen and oxygen atoms in total. The molecule has 0 spiro atoms. The summed E-state index contributed by atoms with van der Waals surface area (Å²) in [7, 11) is 1.55. The first-order valence-corrected chi connectivity index (χ1v) is 17.4. The molecule has 252 valence electrons. The van der Waals surface area contributed by atoms with Crippen LogP contribution in [-0.4, -0.2) is 37.0 Å². The zero-order valence-electron chi connectivity index (χ0n) is 27.5. The van der Waals surface area contributed by atoms with Crippen LogP contribution < -0.4 is 33.8 Å². The minimum atomic E-state index is -0.808. The third-order valence-corrected chi connectivity index (χ3v) is 9.09. The van der Waals surface area contributed by atoms with E-state index in [0.717, 1.165) is 5.56 Å². The van der Waals surface area contributed by atoms with Gasteiger partial charge in [0.2, 0.25) is 0 Å². The smallest absolute Gasteiger partial charge is 0.338 e. The van der Waals surface area contributed by atoms with Crippen molar-refractivity contribution >= 4 is 50.9 Å². The van der Waals surface area contributed by atoms with E-state index in [2.05, 4.69) is 20.9 Å². The summed E-state index contributed by atoms with van der Waals surface area (Å²) < 4.78 is 31.7. The molecule has 4 aromatic rings. The molecule has 0 amide bonds. The van der Waals surface area contributed by atoms with Crippen molar-refractivity contribution in [3.8, 4) is 23.0 Å². The second-order valence-electron chi connectivity index (χ2n) is 11.1. The van der Waals surface area contributed by atoms with Crippen molar-refractivity contribution in [2.24, 2.45) is 4.99 Å². The average molecular weight is 756 g/mol. The van der Waals surface area contributed by atoms with Crippen LogP contribution in [-0.2, 0) is 16.1 Å². The average Bonchev–Trinajstić information content (AvgIpc) is 3.33. The van der Waals surface area contributed by atoms with Gasteiger partial charge in [-0.2, -0.15) is 0 Å². The highest BCUT2D eigenvalue weighted by atomic mass is 79.9. The topological polar surface area (TPSA) is 97.6 Å². The fourth-order valence-electron chi connectivity index (χ4n) is 5.32. The van der Waals surface area contributed by atoms with Crippen LogP contribution in [0.15, 0.2) is 80.1 Å². The largest absolute Gasteiger partial charge is 0.493 e. The van der Waals surface area contributed by atoms with E-state index in [1.807, 2.05) is 63.2 Å². The van der Waals surface area contributed by atoms with E-state index in [9.17, 15) is 9.59 Å². The Hall–Kier alpha value is -4.06. The van der Waals surface area contributed by atoms with Crippen molar-refractivity contribution < 1.29 is 28.5 Å². The Morgan fingerprint density at radius 1 is 1.06 bits per heavy atom. The number of hydrogen-bond donors (Lipinski definition) is 0. The molecule has 0 radical (unpaired) electrons. The number of carbonyl (C=O) groups excluding carboxylic acids is 1. The van der Waals surface area contributed by atoms with Crippen molar-refractivity contribution in [2.45, 2.75) is 53.4 Å².